The van der Waals surface area contributed by atoms with Crippen LogP contribution in [0, 0.1) is 11.8 Å². The maximum Gasteiger partial charge on any atom is 0.408 e. The van der Waals surface area contributed by atoms with Crippen molar-refractivity contribution in [2.75, 3.05) is 6.61 Å². The van der Waals surface area contributed by atoms with Crippen LogP contribution in [0.5, 0.6) is 0 Å². The van der Waals surface area contributed by atoms with Gasteiger partial charge in [-0.3, -0.25) is 14.4 Å². The zero-order valence-electron chi connectivity index (χ0n) is 22.4. The molecule has 5 N–H and O–H groups in total. The molecular formula is C26H42N4O6. The quantitative estimate of drug-likeness (QED) is 0.322. The van der Waals surface area contributed by atoms with Crippen molar-refractivity contribution in [3.05, 3.63) is 35.9 Å². The van der Waals surface area contributed by atoms with Crippen LogP contribution in [0.1, 0.15) is 60.5 Å². The van der Waals surface area contributed by atoms with Crippen molar-refractivity contribution in [3.63, 3.8) is 0 Å². The van der Waals surface area contributed by atoms with Gasteiger partial charge in [-0.15, -0.1) is 0 Å². The lowest BCUT2D eigenvalue weighted by atomic mass is 10.00. The number of benzene rings is 1. The van der Waals surface area contributed by atoms with Gasteiger partial charge in [0.25, 0.3) is 0 Å². The average Bonchev–Trinajstić information content (AvgIpc) is 2.74. The number of nitrogens with one attached hydrogen (secondary N) is 3. The van der Waals surface area contributed by atoms with E-state index in [1.165, 1.54) is 0 Å². The summed E-state index contributed by atoms with van der Waals surface area (Å²) >= 11 is 0. The molecule has 0 aliphatic heterocycles. The van der Waals surface area contributed by atoms with Crippen LogP contribution in [0.3, 0.4) is 0 Å². The molecule has 1 aromatic carbocycles. The largest absolute Gasteiger partial charge is 0.444 e. The smallest absolute Gasteiger partial charge is 0.408 e. The van der Waals surface area contributed by atoms with Gasteiger partial charge in [0.15, 0.2) is 0 Å². The number of rotatable bonds is 13. The lowest BCUT2D eigenvalue weighted by molar-refractivity contribution is -0.133. The number of hydrogen-bond acceptors (Lipinski definition) is 6. The highest BCUT2D eigenvalue weighted by Crippen LogP contribution is 2.10. The van der Waals surface area contributed by atoms with Crippen molar-refractivity contribution in [2.45, 2.75) is 85.2 Å². The van der Waals surface area contributed by atoms with Crippen molar-refractivity contribution in [2.24, 2.45) is 17.6 Å². The van der Waals surface area contributed by atoms with Crippen molar-refractivity contribution in [1.29, 1.82) is 0 Å². The number of carbonyl (C=O) groups is 4. The summed E-state index contributed by atoms with van der Waals surface area (Å²) in [6.45, 7) is 12.5. The summed E-state index contributed by atoms with van der Waals surface area (Å²) in [6, 6.07) is 6.41. The second-order valence-corrected chi connectivity index (χ2v) is 10.5. The van der Waals surface area contributed by atoms with Crippen LogP contribution in [0.25, 0.3) is 0 Å². The molecule has 0 unspecified atom stereocenters. The number of hydrogen-bond donors (Lipinski definition) is 4. The Bertz CT molecular complexity index is 867. The fourth-order valence-electron chi connectivity index (χ4n) is 3.27. The molecule has 4 amide bonds. The number of primary amides is 1. The van der Waals surface area contributed by atoms with E-state index in [2.05, 4.69) is 16.0 Å². The third-order valence-corrected chi connectivity index (χ3v) is 5.02. The molecule has 10 nitrogen and oxygen atoms in total. The SMILES string of the molecule is CC(C)C[C@H](NC(=O)[C@@H](NC(=O)[C@@H](COCc1ccccc1)NC(=O)OC(C)(C)C)C(C)C)C(N)=O. The maximum absolute atomic E-state index is 13.2. The Morgan fingerprint density at radius 3 is 2.00 bits per heavy atom. The third-order valence-electron chi connectivity index (χ3n) is 5.02. The van der Waals surface area contributed by atoms with Crippen molar-refractivity contribution in [3.8, 4) is 0 Å². The average molecular weight is 507 g/mol. The van der Waals surface area contributed by atoms with Gasteiger partial charge in [-0.25, -0.2) is 4.79 Å². The first kappa shape index (κ1) is 30.9. The van der Waals surface area contributed by atoms with Gasteiger partial charge in [0, 0.05) is 0 Å². The summed E-state index contributed by atoms with van der Waals surface area (Å²) in [7, 11) is 0. The van der Waals surface area contributed by atoms with Gasteiger partial charge in [0.05, 0.1) is 13.2 Å². The van der Waals surface area contributed by atoms with E-state index in [1.807, 2.05) is 44.2 Å². The number of alkyl carbamates (subject to hydrolysis) is 1. The van der Waals surface area contributed by atoms with E-state index in [9.17, 15) is 19.2 Å². The van der Waals surface area contributed by atoms with Crippen molar-refractivity contribution in [1.82, 2.24) is 16.0 Å². The summed E-state index contributed by atoms with van der Waals surface area (Å²) < 4.78 is 11.0. The zero-order chi connectivity index (χ0) is 27.5. The fourth-order valence-corrected chi connectivity index (χ4v) is 3.27. The van der Waals surface area contributed by atoms with E-state index in [0.29, 0.717) is 6.42 Å². The van der Waals surface area contributed by atoms with E-state index in [0.717, 1.165) is 5.56 Å². The number of nitrogens with two attached hydrogens (primary N) is 1. The first-order valence-corrected chi connectivity index (χ1v) is 12.2. The molecule has 0 aliphatic carbocycles. The van der Waals surface area contributed by atoms with Crippen LogP contribution >= 0.6 is 0 Å². The highest BCUT2D eigenvalue weighted by Gasteiger charge is 2.32. The molecule has 202 valence electrons. The van der Waals surface area contributed by atoms with Gasteiger partial charge in [0.2, 0.25) is 17.7 Å². The predicted molar refractivity (Wildman–Crippen MR) is 137 cm³/mol. The predicted octanol–water partition coefficient (Wildman–Crippen LogP) is 2.25. The Morgan fingerprint density at radius 2 is 1.50 bits per heavy atom. The number of amides is 4. The minimum atomic E-state index is -1.12. The first-order chi connectivity index (χ1) is 16.7. The van der Waals surface area contributed by atoms with Crippen LogP contribution < -0.4 is 21.7 Å². The summed E-state index contributed by atoms with van der Waals surface area (Å²) in [5.74, 6) is -2.00. The van der Waals surface area contributed by atoms with Crippen LogP contribution in [-0.4, -0.2) is 54.1 Å². The molecule has 0 spiro atoms. The van der Waals surface area contributed by atoms with E-state index in [4.69, 9.17) is 15.2 Å². The standard InChI is InChI=1S/C26H42N4O6/c1-16(2)13-19(22(27)31)28-24(33)21(17(3)4)30-23(32)20(29-25(34)36-26(5,6)7)15-35-14-18-11-9-8-10-12-18/h8-12,16-17,19-21H,13-15H2,1-7H3,(H2,27,31)(H,28,33)(H,29,34)(H,30,32)/t19-,20+,21-/m0/s1. The topological polar surface area (TPSA) is 149 Å². The second kappa shape index (κ2) is 14.4. The van der Waals surface area contributed by atoms with E-state index in [-0.39, 0.29) is 25.0 Å². The van der Waals surface area contributed by atoms with E-state index in [1.54, 1.807) is 34.6 Å². The molecule has 0 aromatic heterocycles. The first-order valence-electron chi connectivity index (χ1n) is 12.2. The minimum Gasteiger partial charge on any atom is -0.444 e. The number of carbonyl (C=O) groups excluding carboxylic acids is 4. The Morgan fingerprint density at radius 1 is 0.889 bits per heavy atom. The Labute approximate surface area is 214 Å². The van der Waals surface area contributed by atoms with Gasteiger partial charge >= 0.3 is 6.09 Å². The molecule has 36 heavy (non-hydrogen) atoms. The lowest BCUT2D eigenvalue weighted by Crippen LogP contribution is -2.59. The van der Waals surface area contributed by atoms with Crippen LogP contribution in [0.2, 0.25) is 0 Å². The highest BCUT2D eigenvalue weighted by molar-refractivity contribution is 5.93. The third kappa shape index (κ3) is 12.0. The molecule has 1 rings (SSSR count). The molecule has 1 aromatic rings. The summed E-state index contributed by atoms with van der Waals surface area (Å²) in [6.07, 6.45) is -0.419. The van der Waals surface area contributed by atoms with E-state index >= 15 is 0 Å². The minimum absolute atomic E-state index is 0.124. The monoisotopic (exact) mass is 506 g/mol. The van der Waals surface area contributed by atoms with Crippen LogP contribution in [0.15, 0.2) is 30.3 Å². The molecule has 10 heteroatoms. The Balaban J connectivity index is 2.96. The fraction of sp³-hybridized carbons (Fsp3) is 0.615. The highest BCUT2D eigenvalue weighted by atomic mass is 16.6. The Hall–Kier alpha value is -3.14. The summed E-state index contributed by atoms with van der Waals surface area (Å²) in [5.41, 5.74) is 5.58. The normalized spacial score (nSPS) is 14.0. The van der Waals surface area contributed by atoms with Crippen LogP contribution in [-0.2, 0) is 30.5 Å². The maximum atomic E-state index is 13.2. The second-order valence-electron chi connectivity index (χ2n) is 10.5. The zero-order valence-corrected chi connectivity index (χ0v) is 22.4. The van der Waals surface area contributed by atoms with Gasteiger partial charge in [0.1, 0.15) is 23.7 Å². The van der Waals surface area contributed by atoms with Crippen LogP contribution in [0.4, 0.5) is 4.79 Å². The molecule has 0 heterocycles. The van der Waals surface area contributed by atoms with Gasteiger partial charge < -0.3 is 31.2 Å². The molecule has 0 aliphatic rings. The van der Waals surface area contributed by atoms with Crippen molar-refractivity contribution < 1.29 is 28.7 Å². The van der Waals surface area contributed by atoms with Gasteiger partial charge in [-0.05, 0) is 44.6 Å². The number of ether oxygens (including phenoxy) is 2. The molecule has 0 radical (unpaired) electrons. The molecule has 0 saturated carbocycles. The molecule has 0 saturated heterocycles. The Kier molecular flexibility index (Phi) is 12.4. The molecule has 3 atom stereocenters. The van der Waals surface area contributed by atoms with Gasteiger partial charge in [-0.1, -0.05) is 58.0 Å². The van der Waals surface area contributed by atoms with Crippen molar-refractivity contribution >= 4 is 23.8 Å². The summed E-state index contributed by atoms with van der Waals surface area (Å²) in [5, 5.41) is 7.84. The van der Waals surface area contributed by atoms with Gasteiger partial charge in [-0.2, -0.15) is 0 Å². The summed E-state index contributed by atoms with van der Waals surface area (Å²) in [4.78, 5) is 50.3. The lowest BCUT2D eigenvalue weighted by Gasteiger charge is -2.28. The molecular weight excluding hydrogens is 464 g/mol. The molecule has 0 bridgehead atoms. The van der Waals surface area contributed by atoms with E-state index < -0.39 is 47.5 Å². The molecule has 0 fully saturated rings.